The van der Waals surface area contributed by atoms with Gasteiger partial charge in [-0.25, -0.2) is 4.79 Å². The van der Waals surface area contributed by atoms with Crippen LogP contribution in [0.4, 0.5) is 8.78 Å². The fraction of sp³-hybridized carbons (Fsp3) is 0.500. The number of carbonyl (C=O) groups excluding carboxylic acids is 1. The molecule has 1 saturated carbocycles. The van der Waals surface area contributed by atoms with Gasteiger partial charge in [0.25, 0.3) is 5.91 Å². The normalized spacial score (nSPS) is 14.8. The Morgan fingerprint density at radius 1 is 1.20 bits per heavy atom. The molecule has 0 bridgehead atoms. The summed E-state index contributed by atoms with van der Waals surface area (Å²) < 4.78 is 39.6. The lowest BCUT2D eigenvalue weighted by Crippen LogP contribution is -2.44. The second-order valence-corrected chi connectivity index (χ2v) is 5.55. The van der Waals surface area contributed by atoms with Crippen molar-refractivity contribution in [1.29, 1.82) is 0 Å². The number of carbonyl (C=O) groups is 2. The molecule has 0 spiro atoms. The summed E-state index contributed by atoms with van der Waals surface area (Å²) in [7, 11) is 2.47. The van der Waals surface area contributed by atoms with Crippen molar-refractivity contribution in [2.75, 3.05) is 14.2 Å². The number of alkyl halides is 2. The molecular weight excluding hydrogens is 340 g/mol. The Morgan fingerprint density at radius 3 is 2.08 bits per heavy atom. The van der Waals surface area contributed by atoms with Gasteiger partial charge in [-0.2, -0.15) is 8.78 Å². The van der Waals surface area contributed by atoms with Gasteiger partial charge >= 0.3 is 12.6 Å². The second kappa shape index (κ2) is 7.54. The molecule has 1 aliphatic carbocycles. The third-order valence-corrected chi connectivity index (χ3v) is 3.86. The van der Waals surface area contributed by atoms with E-state index in [-0.39, 0.29) is 28.9 Å². The van der Waals surface area contributed by atoms with Gasteiger partial charge < -0.3 is 24.2 Å². The first kappa shape index (κ1) is 18.8. The van der Waals surface area contributed by atoms with E-state index in [0.717, 1.165) is 0 Å². The fourth-order valence-electron chi connectivity index (χ4n) is 2.49. The molecule has 138 valence electrons. The first-order chi connectivity index (χ1) is 11.8. The molecule has 9 heteroatoms. The van der Waals surface area contributed by atoms with Gasteiger partial charge in [0, 0.05) is 11.6 Å². The zero-order valence-electron chi connectivity index (χ0n) is 14.0. The van der Waals surface area contributed by atoms with Gasteiger partial charge in [0.2, 0.25) is 5.75 Å². The van der Waals surface area contributed by atoms with Crippen molar-refractivity contribution < 1.29 is 37.7 Å². The number of nitrogens with zero attached hydrogens (tertiary/aromatic N) is 1. The van der Waals surface area contributed by atoms with Crippen LogP contribution < -0.4 is 14.2 Å². The highest BCUT2D eigenvalue weighted by atomic mass is 19.3. The molecule has 1 N–H and O–H groups in total. The van der Waals surface area contributed by atoms with Crippen LogP contribution in [0.5, 0.6) is 17.2 Å². The summed E-state index contributed by atoms with van der Waals surface area (Å²) in [5.74, 6) is -2.22. The Morgan fingerprint density at radius 2 is 1.72 bits per heavy atom. The van der Waals surface area contributed by atoms with Gasteiger partial charge in [0.15, 0.2) is 11.5 Å². The number of ether oxygens (including phenoxy) is 3. The number of amides is 1. The summed E-state index contributed by atoms with van der Waals surface area (Å²) in [4.78, 5) is 25.4. The van der Waals surface area contributed by atoms with Crippen molar-refractivity contribution in [2.45, 2.75) is 38.5 Å². The molecule has 1 amide bonds. The zero-order chi connectivity index (χ0) is 18.7. The van der Waals surface area contributed by atoms with Gasteiger partial charge in [-0.15, -0.1) is 0 Å². The fourth-order valence-corrected chi connectivity index (χ4v) is 2.49. The molecule has 0 aromatic heterocycles. The summed E-state index contributed by atoms with van der Waals surface area (Å²) in [5.41, 5.74) is 0.0651. The number of benzene rings is 1. The van der Waals surface area contributed by atoms with E-state index in [4.69, 9.17) is 9.47 Å². The van der Waals surface area contributed by atoms with Crippen LogP contribution in [0.3, 0.4) is 0 Å². The van der Waals surface area contributed by atoms with Crippen LogP contribution in [0.15, 0.2) is 12.1 Å². The average Bonchev–Trinajstić information content (AvgIpc) is 3.39. The topological polar surface area (TPSA) is 85.3 Å². The van der Waals surface area contributed by atoms with Crippen LogP contribution in [0.25, 0.3) is 0 Å². The van der Waals surface area contributed by atoms with E-state index in [0.29, 0.717) is 12.8 Å². The van der Waals surface area contributed by atoms with E-state index in [2.05, 4.69) is 4.74 Å². The first-order valence-corrected chi connectivity index (χ1v) is 7.56. The molecule has 0 saturated heterocycles. The summed E-state index contributed by atoms with van der Waals surface area (Å²) in [5, 5.41) is 9.22. The minimum atomic E-state index is -3.10. The monoisotopic (exact) mass is 359 g/mol. The van der Waals surface area contributed by atoms with Gasteiger partial charge in [-0.1, -0.05) is 0 Å². The van der Waals surface area contributed by atoms with E-state index in [1.165, 1.54) is 38.2 Å². The molecule has 25 heavy (non-hydrogen) atoms. The predicted molar refractivity (Wildman–Crippen MR) is 82.5 cm³/mol. The van der Waals surface area contributed by atoms with Crippen LogP contribution in [0.2, 0.25) is 0 Å². The number of carboxylic acid groups (broad SMARTS) is 1. The summed E-state index contributed by atoms with van der Waals surface area (Å²) in [6.45, 7) is -1.68. The number of hydrogen-bond donors (Lipinski definition) is 1. The van der Waals surface area contributed by atoms with Crippen LogP contribution in [0.1, 0.15) is 30.1 Å². The van der Waals surface area contributed by atoms with Crippen molar-refractivity contribution in [3.05, 3.63) is 17.7 Å². The molecule has 2 rings (SSSR count). The van der Waals surface area contributed by atoms with E-state index in [1.54, 1.807) is 0 Å². The maximum Gasteiger partial charge on any atom is 0.387 e. The van der Waals surface area contributed by atoms with Crippen molar-refractivity contribution in [2.24, 2.45) is 0 Å². The van der Waals surface area contributed by atoms with Crippen LogP contribution >= 0.6 is 0 Å². The summed E-state index contributed by atoms with van der Waals surface area (Å²) in [6.07, 6.45) is 1.43. The van der Waals surface area contributed by atoms with E-state index < -0.39 is 24.5 Å². The third-order valence-electron chi connectivity index (χ3n) is 3.86. The van der Waals surface area contributed by atoms with Gasteiger partial charge in [-0.3, -0.25) is 4.79 Å². The molecule has 1 unspecified atom stereocenters. The minimum absolute atomic E-state index is 0.0651. The number of carboxylic acids is 1. The van der Waals surface area contributed by atoms with Crippen LogP contribution in [-0.4, -0.2) is 54.8 Å². The Labute approximate surface area is 143 Å². The van der Waals surface area contributed by atoms with Crippen molar-refractivity contribution in [3.63, 3.8) is 0 Å². The number of rotatable bonds is 8. The van der Waals surface area contributed by atoms with Crippen LogP contribution in [0, 0.1) is 0 Å². The Hall–Kier alpha value is -2.58. The molecular formula is C16H19F2NO6. The number of aliphatic carboxylic acids is 1. The Kier molecular flexibility index (Phi) is 5.66. The number of hydrogen-bond acceptors (Lipinski definition) is 5. The standard InChI is InChI=1S/C16H19F2NO6/c1-8(15(21)22)19(10-4-5-10)14(20)9-6-11(23-2)13(25-16(17)18)12(7-9)24-3/h6-8,10,16H,4-5H2,1-3H3,(H,21,22). The minimum Gasteiger partial charge on any atom is -0.493 e. The van der Waals surface area contributed by atoms with E-state index >= 15 is 0 Å². The summed E-state index contributed by atoms with van der Waals surface area (Å²) >= 11 is 0. The third kappa shape index (κ3) is 4.09. The second-order valence-electron chi connectivity index (χ2n) is 5.55. The Balaban J connectivity index is 2.43. The average molecular weight is 359 g/mol. The smallest absolute Gasteiger partial charge is 0.387 e. The molecule has 0 aliphatic heterocycles. The summed E-state index contributed by atoms with van der Waals surface area (Å²) in [6, 6.07) is 1.28. The molecule has 1 aromatic carbocycles. The number of halogens is 2. The quantitative estimate of drug-likeness (QED) is 0.767. The molecule has 0 radical (unpaired) electrons. The molecule has 1 fully saturated rings. The molecule has 1 aromatic rings. The van der Waals surface area contributed by atoms with Gasteiger partial charge in [0.05, 0.1) is 14.2 Å². The first-order valence-electron chi connectivity index (χ1n) is 7.56. The van der Waals surface area contributed by atoms with Crippen LogP contribution in [-0.2, 0) is 4.79 Å². The van der Waals surface area contributed by atoms with E-state index in [9.17, 15) is 23.5 Å². The van der Waals surface area contributed by atoms with Crippen molar-refractivity contribution in [1.82, 2.24) is 4.90 Å². The highest BCUT2D eigenvalue weighted by molar-refractivity contribution is 5.98. The molecule has 1 aliphatic rings. The van der Waals surface area contributed by atoms with Crippen molar-refractivity contribution in [3.8, 4) is 17.2 Å². The molecule has 0 heterocycles. The van der Waals surface area contributed by atoms with Gasteiger partial charge in [-0.05, 0) is 31.9 Å². The largest absolute Gasteiger partial charge is 0.493 e. The number of methoxy groups -OCH3 is 2. The highest BCUT2D eigenvalue weighted by Crippen LogP contribution is 2.40. The molecule has 1 atom stereocenters. The molecule has 7 nitrogen and oxygen atoms in total. The maximum atomic E-state index is 12.8. The SMILES string of the molecule is COc1cc(C(=O)N(C2CC2)C(C)C(=O)O)cc(OC)c1OC(F)F. The lowest BCUT2D eigenvalue weighted by atomic mass is 10.1. The van der Waals surface area contributed by atoms with Gasteiger partial charge in [0.1, 0.15) is 6.04 Å². The lowest BCUT2D eigenvalue weighted by Gasteiger charge is -2.27. The predicted octanol–water partition coefficient (Wildman–Crippen LogP) is 2.38. The zero-order valence-corrected chi connectivity index (χ0v) is 14.0. The lowest BCUT2D eigenvalue weighted by molar-refractivity contribution is -0.141. The highest BCUT2D eigenvalue weighted by Gasteiger charge is 2.39. The van der Waals surface area contributed by atoms with Crippen molar-refractivity contribution >= 4 is 11.9 Å². The van der Waals surface area contributed by atoms with E-state index in [1.807, 2.05) is 0 Å². The maximum absolute atomic E-state index is 12.8. The Bertz CT molecular complexity index is 637.